The van der Waals surface area contributed by atoms with Crippen molar-refractivity contribution in [3.63, 3.8) is 0 Å². The number of nitrogens with zero attached hydrogens (tertiary/aromatic N) is 1. The molecular formula is C9H18NSY-. The van der Waals surface area contributed by atoms with Crippen LogP contribution in [0.1, 0.15) is 38.1 Å². The summed E-state index contributed by atoms with van der Waals surface area (Å²) in [5, 5.41) is 0. The summed E-state index contributed by atoms with van der Waals surface area (Å²) in [6.07, 6.45) is 2.84. The van der Waals surface area contributed by atoms with Crippen molar-refractivity contribution in [2.75, 3.05) is 0 Å². The zero-order valence-corrected chi connectivity index (χ0v) is 12.6. The Labute approximate surface area is 106 Å². The number of aryl methyl sites for hydroxylation is 2. The van der Waals surface area contributed by atoms with Crippen LogP contribution in [-0.4, -0.2) is 4.37 Å². The van der Waals surface area contributed by atoms with Gasteiger partial charge in [-0.1, -0.05) is 41.5 Å². The molecule has 1 aromatic heterocycles. The van der Waals surface area contributed by atoms with Gasteiger partial charge in [-0.15, -0.1) is 11.1 Å². The zero-order valence-electron chi connectivity index (χ0n) is 8.93. The van der Waals surface area contributed by atoms with Crippen LogP contribution in [0.4, 0.5) is 0 Å². The van der Waals surface area contributed by atoms with Gasteiger partial charge >= 0.3 is 0 Å². The van der Waals surface area contributed by atoms with Crippen LogP contribution < -0.4 is 0 Å². The first-order valence-electron chi connectivity index (χ1n) is 4.11. The third kappa shape index (κ3) is 8.83. The van der Waals surface area contributed by atoms with E-state index in [0.717, 1.165) is 0 Å². The molecular weight excluding hydrogens is 243 g/mol. The minimum Gasteiger partial charge on any atom is -0.324 e. The second-order valence-electron chi connectivity index (χ2n) is 1.48. The summed E-state index contributed by atoms with van der Waals surface area (Å²) in [7, 11) is 0. The van der Waals surface area contributed by atoms with E-state index in [4.69, 9.17) is 0 Å². The van der Waals surface area contributed by atoms with Crippen LogP contribution in [-0.2, 0) is 32.7 Å². The van der Waals surface area contributed by atoms with Crippen LogP contribution >= 0.6 is 11.5 Å². The summed E-state index contributed by atoms with van der Waals surface area (Å²) in [4.78, 5) is 1.26. The summed E-state index contributed by atoms with van der Waals surface area (Å²) in [6, 6.07) is 0. The van der Waals surface area contributed by atoms with E-state index >= 15 is 0 Å². The largest absolute Gasteiger partial charge is 0.324 e. The topological polar surface area (TPSA) is 12.9 Å². The molecule has 1 aromatic rings. The molecule has 0 fully saturated rings. The van der Waals surface area contributed by atoms with E-state index in [1.54, 1.807) is 0 Å². The molecule has 0 aromatic carbocycles. The molecule has 0 saturated heterocycles. The fourth-order valence-corrected chi connectivity index (χ4v) is 0.809. The molecule has 0 aliphatic carbocycles. The van der Waals surface area contributed by atoms with Gasteiger partial charge in [0.25, 0.3) is 0 Å². The Morgan fingerprint density at radius 3 is 1.58 bits per heavy atom. The van der Waals surface area contributed by atoms with E-state index in [2.05, 4.69) is 10.6 Å². The average molecular weight is 261 g/mol. The van der Waals surface area contributed by atoms with Gasteiger partial charge in [-0.05, 0) is 0 Å². The van der Waals surface area contributed by atoms with Crippen LogP contribution in [0, 0.1) is 20.0 Å². The number of hydrogen-bond donors (Lipinski definition) is 0. The first-order chi connectivity index (χ1) is 5.30. The summed E-state index contributed by atoms with van der Waals surface area (Å²) in [5.74, 6) is 0. The summed E-state index contributed by atoms with van der Waals surface area (Å²) in [6.45, 7) is 12.1. The summed E-state index contributed by atoms with van der Waals surface area (Å²) >= 11 is 1.50. The van der Waals surface area contributed by atoms with Crippen molar-refractivity contribution in [1.82, 2.24) is 4.37 Å². The van der Waals surface area contributed by atoms with Crippen molar-refractivity contribution < 1.29 is 32.7 Å². The molecule has 0 aliphatic heterocycles. The summed E-state index contributed by atoms with van der Waals surface area (Å²) in [5.41, 5.74) is 1.17. The molecule has 0 aliphatic rings. The van der Waals surface area contributed by atoms with Crippen LogP contribution in [0.5, 0.6) is 0 Å². The molecule has 0 atom stereocenters. The molecule has 0 bridgehead atoms. The maximum absolute atomic E-state index is 3.84. The molecule has 12 heavy (non-hydrogen) atoms. The number of aromatic nitrogens is 1. The smallest absolute Gasteiger partial charge is 0 e. The van der Waals surface area contributed by atoms with Gasteiger partial charge in [0.2, 0.25) is 0 Å². The van der Waals surface area contributed by atoms with Crippen molar-refractivity contribution >= 4 is 11.5 Å². The zero-order chi connectivity index (χ0) is 9.28. The Balaban J connectivity index is -0.000000144. The van der Waals surface area contributed by atoms with Gasteiger partial charge in [-0.3, -0.25) is 0 Å². The molecule has 1 heterocycles. The van der Waals surface area contributed by atoms with E-state index in [1.807, 2.05) is 41.5 Å². The van der Waals surface area contributed by atoms with E-state index in [9.17, 15) is 0 Å². The van der Waals surface area contributed by atoms with Gasteiger partial charge in [0, 0.05) is 32.7 Å². The van der Waals surface area contributed by atoms with Gasteiger partial charge in [0.15, 0.2) is 0 Å². The molecule has 0 N–H and O–H groups in total. The summed E-state index contributed by atoms with van der Waals surface area (Å²) < 4.78 is 3.84. The normalized spacial score (nSPS) is 6.50. The molecule has 0 unspecified atom stereocenters. The molecule has 1 radical (unpaired) electrons. The molecule has 0 saturated carbocycles. The minimum absolute atomic E-state index is 0. The van der Waals surface area contributed by atoms with E-state index in [1.165, 1.54) is 22.0 Å². The van der Waals surface area contributed by atoms with Gasteiger partial charge in [0.05, 0.1) is 0 Å². The number of hydrogen-bond acceptors (Lipinski definition) is 2. The minimum atomic E-state index is 0. The second-order valence-corrected chi connectivity index (χ2v) is 2.45. The van der Waals surface area contributed by atoms with Gasteiger partial charge in [-0.25, -0.2) is 0 Å². The van der Waals surface area contributed by atoms with Crippen LogP contribution in [0.2, 0.25) is 0 Å². The third-order valence-corrected chi connectivity index (χ3v) is 1.69. The maximum Gasteiger partial charge on any atom is 0 e. The Bertz CT molecular complexity index is 147. The SMILES string of the molecule is CC.CC.Cc1[c-]nsc1C.[Y]. The molecule has 1 rings (SSSR count). The molecule has 3 heteroatoms. The van der Waals surface area contributed by atoms with Gasteiger partial charge < -0.3 is 4.37 Å². The van der Waals surface area contributed by atoms with Gasteiger partial charge in [0.1, 0.15) is 0 Å². The fourth-order valence-electron chi connectivity index (χ4n) is 0.307. The van der Waals surface area contributed by atoms with Crippen molar-refractivity contribution in [3.8, 4) is 0 Å². The fraction of sp³-hybridized carbons (Fsp3) is 0.667. The van der Waals surface area contributed by atoms with Gasteiger partial charge in [-0.2, -0.15) is 17.1 Å². The van der Waals surface area contributed by atoms with E-state index < -0.39 is 0 Å². The molecule has 1 nitrogen and oxygen atoms in total. The number of rotatable bonds is 0. The van der Waals surface area contributed by atoms with Crippen molar-refractivity contribution in [3.05, 3.63) is 16.6 Å². The first kappa shape index (κ1) is 18.5. The first-order valence-corrected chi connectivity index (χ1v) is 4.88. The average Bonchev–Trinajstić information content (AvgIpc) is 2.44. The van der Waals surface area contributed by atoms with E-state index in [0.29, 0.717) is 0 Å². The Hall–Kier alpha value is 0.734. The Morgan fingerprint density at radius 1 is 1.08 bits per heavy atom. The van der Waals surface area contributed by atoms with Crippen molar-refractivity contribution in [1.29, 1.82) is 0 Å². The monoisotopic (exact) mass is 261 g/mol. The van der Waals surface area contributed by atoms with Crippen LogP contribution in [0.25, 0.3) is 0 Å². The standard InChI is InChI=1S/C5H6NS.2C2H6.Y/c1-4-3-6-7-5(4)2;2*1-2;/h1-2H3;2*1-2H3;/q-1;;;. The van der Waals surface area contributed by atoms with E-state index in [-0.39, 0.29) is 32.7 Å². The quantitative estimate of drug-likeness (QED) is 0.650. The molecule has 0 amide bonds. The van der Waals surface area contributed by atoms with Crippen LogP contribution in [0.3, 0.4) is 0 Å². The van der Waals surface area contributed by atoms with Crippen LogP contribution in [0.15, 0.2) is 0 Å². The van der Waals surface area contributed by atoms with Crippen molar-refractivity contribution in [2.45, 2.75) is 41.5 Å². The Morgan fingerprint density at radius 2 is 1.50 bits per heavy atom. The molecule has 69 valence electrons. The predicted octanol–water partition coefficient (Wildman–Crippen LogP) is 3.61. The molecule has 0 spiro atoms. The maximum atomic E-state index is 3.84. The predicted molar refractivity (Wildman–Crippen MR) is 53.1 cm³/mol. The third-order valence-electron chi connectivity index (χ3n) is 0.924. The van der Waals surface area contributed by atoms with Crippen molar-refractivity contribution in [2.24, 2.45) is 0 Å². The Kier molecular flexibility index (Phi) is 22.0. The second kappa shape index (κ2) is 14.3.